The van der Waals surface area contributed by atoms with Gasteiger partial charge in [0.15, 0.2) is 10.7 Å². The van der Waals surface area contributed by atoms with Crippen LogP contribution in [-0.2, 0) is 11.4 Å². The van der Waals surface area contributed by atoms with E-state index >= 15 is 0 Å². The number of nitrogens with one attached hydrogen (secondary N) is 1. The number of halogens is 1. The van der Waals surface area contributed by atoms with Crippen molar-refractivity contribution in [3.8, 4) is 11.1 Å². The summed E-state index contributed by atoms with van der Waals surface area (Å²) in [6.07, 6.45) is 0. The normalized spacial score (nSPS) is 12.0. The maximum absolute atomic E-state index is 13.0. The summed E-state index contributed by atoms with van der Waals surface area (Å²) in [5.41, 5.74) is 3.11. The summed E-state index contributed by atoms with van der Waals surface area (Å²) in [6.45, 7) is 0. The molecule has 0 aliphatic rings. The summed E-state index contributed by atoms with van der Waals surface area (Å²) in [5.74, 6) is -0.439. The number of carbonyl (C=O) groups is 1. The standard InChI is InChI=1S/C23H19ClN2O3S/c1-26(2)18-11-10-16-13-21(29-20(16)14-18)23(27)25-30(28)22-9-4-3-8-19(22)15-6-5-7-17(24)12-15/h3-14H,1-2H3,(H,25,27). The Morgan fingerprint density at radius 2 is 1.83 bits per heavy atom. The van der Waals surface area contributed by atoms with Gasteiger partial charge in [-0.3, -0.25) is 4.79 Å². The van der Waals surface area contributed by atoms with Crippen LogP contribution in [-0.4, -0.2) is 24.6 Å². The number of anilines is 1. The molecular formula is C23H19ClN2O3S. The minimum absolute atomic E-state index is 0.106. The highest BCUT2D eigenvalue weighted by Crippen LogP contribution is 2.29. The second kappa shape index (κ2) is 8.44. The lowest BCUT2D eigenvalue weighted by Gasteiger charge is -2.13. The Bertz CT molecular complexity index is 1220. The smallest absolute Gasteiger partial charge is 0.328 e. The van der Waals surface area contributed by atoms with E-state index in [-0.39, 0.29) is 5.76 Å². The predicted molar refractivity (Wildman–Crippen MR) is 121 cm³/mol. The van der Waals surface area contributed by atoms with Crippen LogP contribution in [0.5, 0.6) is 0 Å². The number of rotatable bonds is 5. The molecule has 1 N–H and O–H groups in total. The number of carbonyl (C=O) groups excluding carboxylic acids is 1. The number of hydrogen-bond acceptors (Lipinski definition) is 4. The first-order valence-electron chi connectivity index (χ1n) is 9.21. The highest BCUT2D eigenvalue weighted by atomic mass is 35.5. The zero-order valence-electron chi connectivity index (χ0n) is 16.4. The van der Waals surface area contributed by atoms with E-state index in [1.165, 1.54) is 0 Å². The van der Waals surface area contributed by atoms with Gasteiger partial charge in [0.1, 0.15) is 16.9 Å². The Kier molecular flexibility index (Phi) is 5.72. The summed E-state index contributed by atoms with van der Waals surface area (Å²) in [4.78, 5) is 15.1. The third-order valence-corrected chi connectivity index (χ3v) is 6.01. The van der Waals surface area contributed by atoms with Gasteiger partial charge in [0.2, 0.25) is 0 Å². The molecule has 0 saturated carbocycles. The van der Waals surface area contributed by atoms with Crippen molar-refractivity contribution in [1.82, 2.24) is 4.72 Å². The van der Waals surface area contributed by atoms with Gasteiger partial charge >= 0.3 is 5.91 Å². The second-order valence-electron chi connectivity index (χ2n) is 6.93. The first kappa shape index (κ1) is 20.3. The molecule has 0 fully saturated rings. The van der Waals surface area contributed by atoms with Gasteiger partial charge in [-0.15, -0.1) is 0 Å². The molecule has 1 unspecified atom stereocenters. The van der Waals surface area contributed by atoms with Gasteiger partial charge in [0.25, 0.3) is 0 Å². The van der Waals surface area contributed by atoms with Crippen LogP contribution in [0.1, 0.15) is 10.6 Å². The van der Waals surface area contributed by atoms with Gasteiger partial charge in [-0.05, 0) is 48.0 Å². The maximum Gasteiger partial charge on any atom is 0.328 e. The van der Waals surface area contributed by atoms with Crippen LogP contribution in [0.3, 0.4) is 0 Å². The third-order valence-electron chi connectivity index (χ3n) is 4.65. The van der Waals surface area contributed by atoms with Crippen LogP contribution < -0.4 is 9.62 Å². The Morgan fingerprint density at radius 3 is 2.60 bits per heavy atom. The Morgan fingerprint density at radius 1 is 1.03 bits per heavy atom. The first-order chi connectivity index (χ1) is 14.4. The molecule has 1 amide bonds. The molecule has 0 aliphatic carbocycles. The van der Waals surface area contributed by atoms with Crippen LogP contribution in [0.25, 0.3) is 22.1 Å². The summed E-state index contributed by atoms with van der Waals surface area (Å²) < 4.78 is 21.2. The van der Waals surface area contributed by atoms with E-state index in [4.69, 9.17) is 16.0 Å². The molecular weight excluding hydrogens is 420 g/mol. The molecule has 1 heterocycles. The Labute approximate surface area is 182 Å². The SMILES string of the molecule is CN(C)c1ccc2cc(C(=O)N[S+]([O-])c3ccccc3-c3cccc(Cl)c3)oc2c1. The topological polar surface area (TPSA) is 68.5 Å². The van der Waals surface area contributed by atoms with Crippen LogP contribution in [0.2, 0.25) is 5.02 Å². The number of furan rings is 1. The average molecular weight is 439 g/mol. The lowest BCUT2D eigenvalue weighted by atomic mass is 10.1. The van der Waals surface area contributed by atoms with E-state index in [0.717, 1.165) is 22.2 Å². The fraction of sp³-hybridized carbons (Fsp3) is 0.0870. The van der Waals surface area contributed by atoms with Gasteiger partial charge < -0.3 is 13.9 Å². The molecule has 0 bridgehead atoms. The van der Waals surface area contributed by atoms with Crippen molar-refractivity contribution < 1.29 is 13.8 Å². The van der Waals surface area contributed by atoms with Crippen molar-refractivity contribution in [2.45, 2.75) is 4.90 Å². The van der Waals surface area contributed by atoms with Crippen molar-refractivity contribution in [1.29, 1.82) is 0 Å². The summed E-state index contributed by atoms with van der Waals surface area (Å²) in [7, 11) is 3.86. The molecule has 1 atom stereocenters. The molecule has 0 spiro atoms. The number of fused-ring (bicyclic) bond motifs is 1. The van der Waals surface area contributed by atoms with E-state index in [9.17, 15) is 9.35 Å². The predicted octanol–water partition coefficient (Wildman–Crippen LogP) is 5.27. The summed E-state index contributed by atoms with van der Waals surface area (Å²) in [6, 6.07) is 21.8. The van der Waals surface area contributed by atoms with Gasteiger partial charge in [-0.25, -0.2) is 0 Å². The number of nitrogens with zero attached hydrogens (tertiary/aromatic N) is 1. The minimum Gasteiger partial charge on any atom is -0.588 e. The molecule has 1 aromatic heterocycles. The molecule has 7 heteroatoms. The minimum atomic E-state index is -1.78. The number of benzene rings is 3. The van der Waals surface area contributed by atoms with E-state index < -0.39 is 17.3 Å². The maximum atomic E-state index is 13.0. The Hall–Kier alpha value is -2.93. The molecule has 0 radical (unpaired) electrons. The summed E-state index contributed by atoms with van der Waals surface area (Å²) >= 11 is 4.32. The monoisotopic (exact) mass is 438 g/mol. The molecule has 5 nitrogen and oxygen atoms in total. The molecule has 0 aliphatic heterocycles. The highest BCUT2D eigenvalue weighted by molar-refractivity contribution is 7.90. The van der Waals surface area contributed by atoms with Crippen LogP contribution in [0.4, 0.5) is 5.69 Å². The van der Waals surface area contributed by atoms with Crippen molar-refractivity contribution in [2.24, 2.45) is 0 Å². The van der Waals surface area contributed by atoms with E-state index in [0.29, 0.717) is 15.5 Å². The first-order valence-corrected chi connectivity index (χ1v) is 10.7. The van der Waals surface area contributed by atoms with Crippen molar-refractivity contribution >= 4 is 45.5 Å². The second-order valence-corrected chi connectivity index (χ2v) is 8.55. The van der Waals surface area contributed by atoms with Crippen LogP contribution >= 0.6 is 11.6 Å². The van der Waals surface area contributed by atoms with Crippen LogP contribution in [0.15, 0.2) is 82.1 Å². The lowest BCUT2D eigenvalue weighted by Crippen LogP contribution is -2.30. The number of hydrogen-bond donors (Lipinski definition) is 1. The van der Waals surface area contributed by atoms with Crippen molar-refractivity contribution in [2.75, 3.05) is 19.0 Å². The van der Waals surface area contributed by atoms with Gasteiger partial charge in [0.05, 0.1) is 0 Å². The third kappa shape index (κ3) is 4.16. The molecule has 4 aromatic rings. The number of amides is 1. The van der Waals surface area contributed by atoms with Gasteiger partial charge in [-0.1, -0.05) is 35.9 Å². The van der Waals surface area contributed by atoms with E-state index in [1.54, 1.807) is 30.3 Å². The largest absolute Gasteiger partial charge is 0.588 e. The molecule has 3 aromatic carbocycles. The Balaban J connectivity index is 1.59. The molecule has 30 heavy (non-hydrogen) atoms. The molecule has 0 saturated heterocycles. The fourth-order valence-electron chi connectivity index (χ4n) is 3.12. The molecule has 4 rings (SSSR count). The quantitative estimate of drug-likeness (QED) is 0.431. The lowest BCUT2D eigenvalue weighted by molar-refractivity contribution is 0.0956. The highest BCUT2D eigenvalue weighted by Gasteiger charge is 2.23. The molecule has 152 valence electrons. The summed E-state index contributed by atoms with van der Waals surface area (Å²) in [5, 5.41) is 1.38. The average Bonchev–Trinajstić information content (AvgIpc) is 3.17. The van der Waals surface area contributed by atoms with Crippen molar-refractivity contribution in [3.05, 3.63) is 83.6 Å². The van der Waals surface area contributed by atoms with Crippen molar-refractivity contribution in [3.63, 3.8) is 0 Å². The zero-order valence-corrected chi connectivity index (χ0v) is 18.0. The van der Waals surface area contributed by atoms with E-state index in [2.05, 4.69) is 4.72 Å². The zero-order chi connectivity index (χ0) is 21.3. The van der Waals surface area contributed by atoms with Gasteiger partial charge in [0, 0.05) is 41.8 Å². The van der Waals surface area contributed by atoms with E-state index in [1.807, 2.05) is 61.5 Å². The van der Waals surface area contributed by atoms with Gasteiger partial charge in [-0.2, -0.15) is 4.72 Å². The fourth-order valence-corrected chi connectivity index (χ4v) is 4.28. The van der Waals surface area contributed by atoms with Crippen LogP contribution in [0, 0.1) is 0 Å².